The van der Waals surface area contributed by atoms with Crippen molar-refractivity contribution in [2.45, 2.75) is 83.3 Å². The number of piperidine rings is 1. The fourth-order valence-corrected chi connectivity index (χ4v) is 6.23. The number of rotatable bonds is 9. The van der Waals surface area contributed by atoms with Crippen molar-refractivity contribution in [1.82, 2.24) is 10.2 Å². The van der Waals surface area contributed by atoms with Crippen molar-refractivity contribution in [3.63, 3.8) is 0 Å². The van der Waals surface area contributed by atoms with Crippen LogP contribution in [0.3, 0.4) is 0 Å². The molecule has 0 aromatic heterocycles. The van der Waals surface area contributed by atoms with E-state index in [0.717, 1.165) is 67.9 Å². The molecule has 240 valence electrons. The van der Waals surface area contributed by atoms with Crippen molar-refractivity contribution >= 4 is 23.0 Å². The second-order valence-electron chi connectivity index (χ2n) is 12.3. The minimum absolute atomic E-state index is 0.185. The zero-order valence-electron chi connectivity index (χ0n) is 27.6. The molecule has 7 nitrogen and oxygen atoms in total. The van der Waals surface area contributed by atoms with Crippen molar-refractivity contribution in [3.8, 4) is 17.2 Å². The van der Waals surface area contributed by atoms with Gasteiger partial charge in [-0.25, -0.2) is 0 Å². The quantitative estimate of drug-likeness (QED) is 0.148. The van der Waals surface area contributed by atoms with Gasteiger partial charge in [-0.2, -0.15) is 0 Å². The summed E-state index contributed by atoms with van der Waals surface area (Å²) >= 11 is 1.76. The summed E-state index contributed by atoms with van der Waals surface area (Å²) < 4.78 is 11.8. The molecule has 2 aromatic carbocycles. The lowest BCUT2D eigenvalue weighted by Gasteiger charge is -2.43. The maximum Gasteiger partial charge on any atom is 0.200 e. The molecule has 3 aliphatic rings. The van der Waals surface area contributed by atoms with Crippen molar-refractivity contribution in [2.75, 3.05) is 44.4 Å². The molecule has 0 bridgehead atoms. The lowest BCUT2D eigenvalue weighted by Crippen LogP contribution is -2.47. The zero-order chi connectivity index (χ0) is 31.9. The van der Waals surface area contributed by atoms with Crippen molar-refractivity contribution in [2.24, 2.45) is 0 Å². The standard InChI is InChI=1S/C34H45N3O4S.C2H6/c1-34(2,3)41-33(24-7-6-8-24)36-15-13-28(14-16-36)37(27-9-11-29(42-5)12-10-27)22-23-17-26(21-35-20-23)25-18-30(38)32(39)31(19-25)40-4;1-2/h9-12,17-20,28,35,38-39H,6-8,13-16,21-22H2,1-5H3;1-2H3. The van der Waals surface area contributed by atoms with Crippen LogP contribution >= 0.6 is 11.8 Å². The number of anilines is 1. The fraction of sp³-hybridized carbons (Fsp3) is 0.500. The third-order valence-electron chi connectivity index (χ3n) is 8.20. The van der Waals surface area contributed by atoms with Crippen molar-refractivity contribution in [1.29, 1.82) is 0 Å². The Balaban J connectivity index is 0.00000216. The van der Waals surface area contributed by atoms with Crippen LogP contribution in [-0.2, 0) is 4.74 Å². The molecule has 8 heteroatoms. The zero-order valence-corrected chi connectivity index (χ0v) is 28.4. The van der Waals surface area contributed by atoms with E-state index in [1.807, 2.05) is 13.8 Å². The van der Waals surface area contributed by atoms with Gasteiger partial charge in [0.15, 0.2) is 17.4 Å². The lowest BCUT2D eigenvalue weighted by molar-refractivity contribution is -0.00915. The van der Waals surface area contributed by atoms with E-state index < -0.39 is 0 Å². The van der Waals surface area contributed by atoms with Gasteiger partial charge in [-0.05, 0) is 118 Å². The van der Waals surface area contributed by atoms with Crippen LogP contribution in [0.25, 0.3) is 5.57 Å². The molecule has 1 saturated heterocycles. The molecule has 1 saturated carbocycles. The van der Waals surface area contributed by atoms with Gasteiger partial charge >= 0.3 is 0 Å². The van der Waals surface area contributed by atoms with Gasteiger partial charge in [-0.3, -0.25) is 0 Å². The molecule has 3 N–H and O–H groups in total. The van der Waals surface area contributed by atoms with Crippen LogP contribution in [0.15, 0.2) is 70.6 Å². The van der Waals surface area contributed by atoms with E-state index in [9.17, 15) is 10.2 Å². The first-order valence-corrected chi connectivity index (χ1v) is 17.2. The van der Waals surface area contributed by atoms with Crippen LogP contribution in [0.2, 0.25) is 0 Å². The number of dihydropyridines is 1. The van der Waals surface area contributed by atoms with E-state index in [0.29, 0.717) is 12.6 Å². The Kier molecular flexibility index (Phi) is 11.5. The Bertz CT molecular complexity index is 1350. The number of nitrogens with one attached hydrogen (secondary N) is 1. The molecule has 0 atom stereocenters. The molecule has 0 amide bonds. The Morgan fingerprint density at radius 1 is 1.07 bits per heavy atom. The number of aromatic hydroxyl groups is 2. The number of allylic oxidation sites excluding steroid dienone is 1. The first kappa shape index (κ1) is 33.5. The smallest absolute Gasteiger partial charge is 0.200 e. The highest BCUT2D eigenvalue weighted by Crippen LogP contribution is 2.39. The van der Waals surface area contributed by atoms with E-state index in [1.165, 1.54) is 29.7 Å². The molecule has 44 heavy (non-hydrogen) atoms. The van der Waals surface area contributed by atoms with E-state index in [-0.39, 0.29) is 22.8 Å². The van der Waals surface area contributed by atoms with Gasteiger partial charge in [0.2, 0.25) is 5.75 Å². The molecule has 2 aliphatic heterocycles. The Morgan fingerprint density at radius 3 is 2.32 bits per heavy atom. The second kappa shape index (κ2) is 15.1. The summed E-state index contributed by atoms with van der Waals surface area (Å²) in [5.74, 6) is 0.963. The van der Waals surface area contributed by atoms with Gasteiger partial charge in [-0.15, -0.1) is 11.8 Å². The number of methoxy groups -OCH3 is 1. The Labute approximate surface area is 268 Å². The van der Waals surface area contributed by atoms with Crippen LogP contribution in [0, 0.1) is 0 Å². The number of hydrogen-bond acceptors (Lipinski definition) is 8. The van der Waals surface area contributed by atoms with Crippen LogP contribution in [-0.4, -0.2) is 66.3 Å². The molecule has 0 unspecified atom stereocenters. The van der Waals surface area contributed by atoms with Crippen LogP contribution in [0.5, 0.6) is 17.2 Å². The molecule has 0 radical (unpaired) electrons. The Hall–Kier alpha value is -3.39. The SMILES string of the molecule is CC.COc1cc(C2=CC(CN(c3ccc(SC)cc3)C3CCN(C(OC(C)(C)C)=C4CCC4)CC3)=CNC2)cc(O)c1O. The summed E-state index contributed by atoms with van der Waals surface area (Å²) in [5.41, 5.74) is 5.50. The molecular weight excluding hydrogens is 570 g/mol. The summed E-state index contributed by atoms with van der Waals surface area (Å²) in [4.78, 5) is 6.28. The number of hydrogen-bond donors (Lipinski definition) is 3. The second-order valence-corrected chi connectivity index (χ2v) is 13.2. The van der Waals surface area contributed by atoms with Gasteiger partial charge in [0.25, 0.3) is 0 Å². The highest BCUT2D eigenvalue weighted by Gasteiger charge is 2.31. The number of likely N-dealkylation sites (tertiary alicyclic amines) is 1. The van der Waals surface area contributed by atoms with E-state index in [1.54, 1.807) is 23.9 Å². The van der Waals surface area contributed by atoms with Gasteiger partial charge in [0.1, 0.15) is 5.60 Å². The first-order chi connectivity index (χ1) is 21.1. The molecule has 0 spiro atoms. The third kappa shape index (κ3) is 8.20. The summed E-state index contributed by atoms with van der Waals surface area (Å²) in [6.07, 6.45) is 12.1. The lowest BCUT2D eigenvalue weighted by atomic mass is 9.91. The minimum atomic E-state index is -0.239. The number of phenolic OH excluding ortho intramolecular Hbond substituents is 2. The number of nitrogens with zero attached hydrogens (tertiary/aromatic N) is 2. The number of ether oxygens (including phenoxy) is 2. The van der Waals surface area contributed by atoms with E-state index in [2.05, 4.69) is 78.7 Å². The predicted octanol–water partition coefficient (Wildman–Crippen LogP) is 7.91. The normalized spacial score (nSPS) is 16.9. The average Bonchev–Trinajstić information content (AvgIpc) is 3.00. The molecule has 1 aliphatic carbocycles. The van der Waals surface area contributed by atoms with Crippen LogP contribution in [0.4, 0.5) is 5.69 Å². The topological polar surface area (TPSA) is 77.4 Å². The summed E-state index contributed by atoms with van der Waals surface area (Å²) in [6.45, 7) is 13.8. The summed E-state index contributed by atoms with van der Waals surface area (Å²) in [5, 5.41) is 23.8. The molecule has 2 heterocycles. The van der Waals surface area contributed by atoms with Gasteiger partial charge in [0.05, 0.1) is 7.11 Å². The first-order valence-electron chi connectivity index (χ1n) is 15.9. The molecule has 2 aromatic rings. The van der Waals surface area contributed by atoms with Crippen LogP contribution in [0.1, 0.15) is 72.3 Å². The molecule has 2 fully saturated rings. The average molecular weight is 622 g/mol. The molecule has 5 rings (SSSR count). The van der Waals surface area contributed by atoms with Gasteiger partial charge in [-0.1, -0.05) is 19.9 Å². The summed E-state index contributed by atoms with van der Waals surface area (Å²) in [6, 6.07) is 12.7. The van der Waals surface area contributed by atoms with Crippen molar-refractivity contribution < 1.29 is 19.7 Å². The number of thioether (sulfide) groups is 1. The minimum Gasteiger partial charge on any atom is -0.504 e. The van der Waals surface area contributed by atoms with Crippen molar-refractivity contribution in [3.05, 3.63) is 71.3 Å². The van der Waals surface area contributed by atoms with E-state index >= 15 is 0 Å². The predicted molar refractivity (Wildman–Crippen MR) is 184 cm³/mol. The number of benzene rings is 2. The van der Waals surface area contributed by atoms with Crippen LogP contribution < -0.4 is 15.0 Å². The molecular formula is C36H51N3O4S. The maximum absolute atomic E-state index is 10.3. The highest BCUT2D eigenvalue weighted by molar-refractivity contribution is 7.98. The fourth-order valence-electron chi connectivity index (χ4n) is 5.82. The number of phenols is 2. The van der Waals surface area contributed by atoms with E-state index in [4.69, 9.17) is 9.47 Å². The highest BCUT2D eigenvalue weighted by atomic mass is 32.2. The summed E-state index contributed by atoms with van der Waals surface area (Å²) in [7, 11) is 1.49. The third-order valence-corrected chi connectivity index (χ3v) is 8.94. The maximum atomic E-state index is 10.3. The van der Waals surface area contributed by atoms with Gasteiger partial charge in [0, 0.05) is 49.0 Å². The van der Waals surface area contributed by atoms with Gasteiger partial charge < -0.3 is 34.8 Å². The monoisotopic (exact) mass is 621 g/mol. The largest absolute Gasteiger partial charge is 0.504 e. The Morgan fingerprint density at radius 2 is 1.75 bits per heavy atom.